The van der Waals surface area contributed by atoms with E-state index in [0.717, 1.165) is 20.9 Å². The Labute approximate surface area is 191 Å². The van der Waals surface area contributed by atoms with Crippen LogP contribution in [0.3, 0.4) is 0 Å². The third-order valence-corrected chi connectivity index (χ3v) is 5.63. The highest BCUT2D eigenvalue weighted by Crippen LogP contribution is 2.29. The number of ether oxygens (including phenoxy) is 3. The van der Waals surface area contributed by atoms with Gasteiger partial charge in [-0.15, -0.1) is 11.3 Å². The van der Waals surface area contributed by atoms with Crippen molar-refractivity contribution in [1.29, 1.82) is 0 Å². The summed E-state index contributed by atoms with van der Waals surface area (Å²) in [4.78, 5) is 26.9. The SMILES string of the molecule is COc1ccccc1NC(=O)COc1ccc(/C=C/C(=O)c2cc(C)sc2C)cc1OC. The Morgan fingerprint density at radius 1 is 0.969 bits per heavy atom. The molecule has 166 valence electrons. The van der Waals surface area contributed by atoms with E-state index in [-0.39, 0.29) is 18.3 Å². The van der Waals surface area contributed by atoms with Gasteiger partial charge in [-0.3, -0.25) is 9.59 Å². The lowest BCUT2D eigenvalue weighted by Gasteiger charge is -2.13. The van der Waals surface area contributed by atoms with Crippen LogP contribution in [0.15, 0.2) is 54.6 Å². The third kappa shape index (κ3) is 5.76. The fraction of sp³-hybridized carbons (Fsp3) is 0.200. The van der Waals surface area contributed by atoms with Crippen LogP contribution in [0.1, 0.15) is 25.7 Å². The molecule has 0 aliphatic carbocycles. The fourth-order valence-electron chi connectivity index (χ4n) is 3.12. The van der Waals surface area contributed by atoms with Crippen molar-refractivity contribution in [2.24, 2.45) is 0 Å². The molecule has 0 spiro atoms. The average molecular weight is 452 g/mol. The van der Waals surface area contributed by atoms with E-state index < -0.39 is 0 Å². The zero-order chi connectivity index (χ0) is 23.1. The molecule has 0 fully saturated rings. The second-order valence-corrected chi connectivity index (χ2v) is 8.43. The van der Waals surface area contributed by atoms with Gasteiger partial charge in [-0.25, -0.2) is 0 Å². The molecule has 3 rings (SSSR count). The molecule has 7 heteroatoms. The van der Waals surface area contributed by atoms with Gasteiger partial charge in [-0.1, -0.05) is 24.3 Å². The zero-order valence-corrected chi connectivity index (χ0v) is 19.2. The normalized spacial score (nSPS) is 10.8. The van der Waals surface area contributed by atoms with Crippen LogP contribution in [0.25, 0.3) is 6.08 Å². The van der Waals surface area contributed by atoms with E-state index in [0.29, 0.717) is 22.9 Å². The lowest BCUT2D eigenvalue weighted by Crippen LogP contribution is -2.20. The van der Waals surface area contributed by atoms with Crippen LogP contribution in [0.2, 0.25) is 0 Å². The van der Waals surface area contributed by atoms with Gasteiger partial charge in [-0.05, 0) is 55.8 Å². The van der Waals surface area contributed by atoms with Crippen LogP contribution in [0.4, 0.5) is 5.69 Å². The maximum absolute atomic E-state index is 12.5. The molecule has 32 heavy (non-hydrogen) atoms. The average Bonchev–Trinajstić information content (AvgIpc) is 3.14. The predicted octanol–water partition coefficient (Wildman–Crippen LogP) is 5.30. The fourth-order valence-corrected chi connectivity index (χ4v) is 4.05. The van der Waals surface area contributed by atoms with Gasteiger partial charge in [-0.2, -0.15) is 0 Å². The number of nitrogens with one attached hydrogen (secondary N) is 1. The smallest absolute Gasteiger partial charge is 0.262 e. The van der Waals surface area contributed by atoms with Crippen LogP contribution in [-0.4, -0.2) is 32.5 Å². The monoisotopic (exact) mass is 451 g/mol. The van der Waals surface area contributed by atoms with Crippen molar-refractivity contribution in [1.82, 2.24) is 0 Å². The van der Waals surface area contributed by atoms with E-state index in [1.165, 1.54) is 7.11 Å². The van der Waals surface area contributed by atoms with E-state index in [4.69, 9.17) is 14.2 Å². The standard InChI is InChI=1S/C25H25NO5S/c1-16-13-19(17(2)32-16)21(27)11-9-18-10-12-23(24(14-18)30-4)31-15-25(28)26-20-7-5-6-8-22(20)29-3/h5-14H,15H2,1-4H3,(H,26,28)/b11-9+. The Morgan fingerprint density at radius 2 is 1.72 bits per heavy atom. The molecule has 2 aromatic carbocycles. The number of carbonyl (C=O) groups is 2. The lowest BCUT2D eigenvalue weighted by atomic mass is 10.1. The van der Waals surface area contributed by atoms with Gasteiger partial charge in [0.25, 0.3) is 5.91 Å². The van der Waals surface area contributed by atoms with Crippen LogP contribution < -0.4 is 19.5 Å². The molecule has 1 aromatic heterocycles. The number of para-hydroxylation sites is 2. The first-order valence-electron chi connectivity index (χ1n) is 9.94. The van der Waals surface area contributed by atoms with Crippen LogP contribution in [-0.2, 0) is 4.79 Å². The van der Waals surface area contributed by atoms with Gasteiger partial charge in [0.2, 0.25) is 0 Å². The zero-order valence-electron chi connectivity index (χ0n) is 18.4. The quantitative estimate of drug-likeness (QED) is 0.353. The molecule has 1 heterocycles. The third-order valence-electron chi connectivity index (χ3n) is 4.66. The van der Waals surface area contributed by atoms with Crippen molar-refractivity contribution in [3.05, 3.63) is 75.5 Å². The minimum absolute atomic E-state index is 0.0424. The van der Waals surface area contributed by atoms with Crippen molar-refractivity contribution < 1.29 is 23.8 Å². The topological polar surface area (TPSA) is 73.9 Å². The molecule has 0 aliphatic rings. The summed E-state index contributed by atoms with van der Waals surface area (Å²) in [5.74, 6) is 1.09. The van der Waals surface area contributed by atoms with Gasteiger partial charge in [0.1, 0.15) is 5.75 Å². The second kappa shape index (κ2) is 10.6. The van der Waals surface area contributed by atoms with Crippen LogP contribution in [0.5, 0.6) is 17.2 Å². The Kier molecular flexibility index (Phi) is 7.68. The number of hydrogen-bond donors (Lipinski definition) is 1. The molecule has 0 radical (unpaired) electrons. The van der Waals surface area contributed by atoms with Gasteiger partial charge in [0.05, 0.1) is 19.9 Å². The Morgan fingerprint density at radius 3 is 2.41 bits per heavy atom. The molecule has 0 bridgehead atoms. The summed E-state index contributed by atoms with van der Waals surface area (Å²) in [7, 11) is 3.06. The maximum atomic E-state index is 12.5. The van der Waals surface area contributed by atoms with Gasteiger partial charge in [0, 0.05) is 15.3 Å². The number of anilines is 1. The predicted molar refractivity (Wildman–Crippen MR) is 127 cm³/mol. The largest absolute Gasteiger partial charge is 0.495 e. The number of rotatable bonds is 9. The van der Waals surface area contributed by atoms with Crippen molar-refractivity contribution >= 4 is 34.8 Å². The van der Waals surface area contributed by atoms with Crippen molar-refractivity contribution in [2.75, 3.05) is 26.1 Å². The molecule has 1 amide bonds. The number of amides is 1. The molecule has 3 aromatic rings. The van der Waals surface area contributed by atoms with Crippen molar-refractivity contribution in [2.45, 2.75) is 13.8 Å². The number of aryl methyl sites for hydroxylation is 2. The molecule has 0 atom stereocenters. The van der Waals surface area contributed by atoms with Crippen LogP contribution in [0, 0.1) is 13.8 Å². The number of hydrogen-bond acceptors (Lipinski definition) is 6. The highest BCUT2D eigenvalue weighted by molar-refractivity contribution is 7.12. The van der Waals surface area contributed by atoms with Gasteiger partial charge in [0.15, 0.2) is 23.9 Å². The minimum Gasteiger partial charge on any atom is -0.495 e. The summed E-state index contributed by atoms with van der Waals surface area (Å²) in [6, 6.07) is 14.3. The number of methoxy groups -OCH3 is 2. The summed E-state index contributed by atoms with van der Waals surface area (Å²) < 4.78 is 16.3. The summed E-state index contributed by atoms with van der Waals surface area (Å²) in [6.45, 7) is 3.73. The van der Waals surface area contributed by atoms with E-state index >= 15 is 0 Å². The molecular weight excluding hydrogens is 426 g/mol. The number of benzene rings is 2. The Balaban J connectivity index is 1.64. The van der Waals surface area contributed by atoms with E-state index in [9.17, 15) is 9.59 Å². The number of allylic oxidation sites excluding steroid dienone is 1. The first-order chi connectivity index (χ1) is 15.4. The Hall–Kier alpha value is -3.58. The molecule has 1 N–H and O–H groups in total. The summed E-state index contributed by atoms with van der Waals surface area (Å²) in [5.41, 5.74) is 2.07. The van der Waals surface area contributed by atoms with Gasteiger partial charge >= 0.3 is 0 Å². The van der Waals surface area contributed by atoms with E-state index in [1.54, 1.807) is 67.0 Å². The highest BCUT2D eigenvalue weighted by atomic mass is 32.1. The van der Waals surface area contributed by atoms with Crippen molar-refractivity contribution in [3.63, 3.8) is 0 Å². The van der Waals surface area contributed by atoms with Crippen LogP contribution >= 0.6 is 11.3 Å². The van der Waals surface area contributed by atoms with Gasteiger partial charge < -0.3 is 19.5 Å². The van der Waals surface area contributed by atoms with E-state index in [2.05, 4.69) is 5.32 Å². The first kappa shape index (κ1) is 23.1. The second-order valence-electron chi connectivity index (χ2n) is 6.97. The number of thiophene rings is 1. The summed E-state index contributed by atoms with van der Waals surface area (Å²) in [6.07, 6.45) is 3.28. The minimum atomic E-state index is -0.326. The molecule has 0 saturated carbocycles. The molecule has 6 nitrogen and oxygen atoms in total. The number of ketones is 1. The Bertz CT molecular complexity index is 1150. The number of carbonyl (C=O) groups excluding carboxylic acids is 2. The lowest BCUT2D eigenvalue weighted by molar-refractivity contribution is -0.118. The molecule has 0 aliphatic heterocycles. The highest BCUT2D eigenvalue weighted by Gasteiger charge is 2.12. The summed E-state index contributed by atoms with van der Waals surface area (Å²) >= 11 is 1.61. The molecule has 0 unspecified atom stereocenters. The van der Waals surface area contributed by atoms with E-state index in [1.807, 2.05) is 26.0 Å². The van der Waals surface area contributed by atoms with Crippen molar-refractivity contribution in [3.8, 4) is 17.2 Å². The summed E-state index contributed by atoms with van der Waals surface area (Å²) in [5, 5.41) is 2.76. The molecule has 0 saturated heterocycles. The molecular formula is C25H25NO5S. The first-order valence-corrected chi connectivity index (χ1v) is 10.8. The maximum Gasteiger partial charge on any atom is 0.262 e.